The lowest BCUT2D eigenvalue weighted by Crippen LogP contribution is -2.42. The van der Waals surface area contributed by atoms with Gasteiger partial charge in [-0.1, -0.05) is 54.6 Å². The summed E-state index contributed by atoms with van der Waals surface area (Å²) in [4.78, 5) is 6.90. The van der Waals surface area contributed by atoms with E-state index in [1.165, 1.54) is 24.7 Å². The number of guanidine groups is 1. The van der Waals surface area contributed by atoms with E-state index in [4.69, 9.17) is 0 Å². The van der Waals surface area contributed by atoms with E-state index >= 15 is 0 Å². The molecule has 31 heavy (non-hydrogen) atoms. The number of nitrogens with zero attached hydrogens (tertiary/aromatic N) is 2. The van der Waals surface area contributed by atoms with Crippen LogP contribution in [-0.4, -0.2) is 52.2 Å². The molecule has 0 saturated carbocycles. The Morgan fingerprint density at radius 2 is 1.61 bits per heavy atom. The molecule has 0 amide bonds. The maximum absolute atomic E-state index is 11.4. The minimum absolute atomic E-state index is 0. The largest absolute Gasteiger partial charge is 0.354 e. The van der Waals surface area contributed by atoms with Crippen LogP contribution in [0.2, 0.25) is 0 Å². The Kier molecular flexibility index (Phi) is 10.2. The monoisotopic (exact) mass is 556 g/mol. The van der Waals surface area contributed by atoms with E-state index in [0.717, 1.165) is 36.7 Å². The zero-order valence-corrected chi connectivity index (χ0v) is 21.4. The third-order valence-corrected chi connectivity index (χ3v) is 6.22. The highest BCUT2D eigenvalue weighted by Crippen LogP contribution is 2.24. The molecule has 1 saturated heterocycles. The van der Waals surface area contributed by atoms with E-state index in [9.17, 15) is 8.42 Å². The van der Waals surface area contributed by atoms with Gasteiger partial charge in [0.25, 0.3) is 0 Å². The van der Waals surface area contributed by atoms with Gasteiger partial charge >= 0.3 is 0 Å². The zero-order valence-electron chi connectivity index (χ0n) is 18.3. The number of halogens is 1. The summed E-state index contributed by atoms with van der Waals surface area (Å²) in [5.41, 5.74) is 3.21. The van der Waals surface area contributed by atoms with Crippen LogP contribution in [0.4, 0.5) is 0 Å². The van der Waals surface area contributed by atoms with E-state index in [0.29, 0.717) is 12.6 Å². The predicted octanol–water partition coefficient (Wildman–Crippen LogP) is 3.35. The number of benzene rings is 2. The molecule has 2 aromatic rings. The summed E-state index contributed by atoms with van der Waals surface area (Å²) in [7, 11) is -1.24. The van der Waals surface area contributed by atoms with Crippen molar-refractivity contribution in [3.63, 3.8) is 0 Å². The van der Waals surface area contributed by atoms with Crippen molar-refractivity contribution in [1.29, 1.82) is 0 Å². The van der Waals surface area contributed by atoms with Crippen molar-refractivity contribution in [2.75, 3.05) is 32.9 Å². The molecule has 0 radical (unpaired) electrons. The quantitative estimate of drug-likeness (QED) is 0.297. The highest BCUT2D eigenvalue weighted by molar-refractivity contribution is 14.0. The first-order valence-corrected chi connectivity index (χ1v) is 12.5. The molecule has 0 aliphatic carbocycles. The van der Waals surface area contributed by atoms with Crippen LogP contribution in [0, 0.1) is 0 Å². The first kappa shape index (κ1) is 25.6. The average molecular weight is 557 g/mol. The number of hydrogen-bond donors (Lipinski definition) is 2. The molecule has 1 unspecified atom stereocenters. The molecule has 2 aromatic carbocycles. The van der Waals surface area contributed by atoms with Gasteiger partial charge in [0.2, 0.25) is 0 Å². The second-order valence-electron chi connectivity index (χ2n) is 7.86. The van der Waals surface area contributed by atoms with Crippen LogP contribution in [0.1, 0.15) is 35.6 Å². The van der Waals surface area contributed by atoms with Crippen LogP contribution in [-0.2, 0) is 22.1 Å². The van der Waals surface area contributed by atoms with Crippen LogP contribution >= 0.6 is 24.0 Å². The second kappa shape index (κ2) is 12.4. The van der Waals surface area contributed by atoms with Crippen LogP contribution in [0.5, 0.6) is 0 Å². The summed E-state index contributed by atoms with van der Waals surface area (Å²) in [5, 5.41) is 6.83. The smallest absolute Gasteiger partial charge is 0.191 e. The molecule has 2 N–H and O–H groups in total. The lowest BCUT2D eigenvalue weighted by Gasteiger charge is -2.29. The van der Waals surface area contributed by atoms with Crippen LogP contribution in [0.25, 0.3) is 0 Å². The molecule has 3 rings (SSSR count). The van der Waals surface area contributed by atoms with E-state index in [-0.39, 0.29) is 29.7 Å². The molecule has 8 heteroatoms. The summed E-state index contributed by atoms with van der Waals surface area (Å²) in [6.45, 7) is 3.68. The minimum atomic E-state index is -3.01. The Bertz CT molecular complexity index is 928. The van der Waals surface area contributed by atoms with Crippen molar-refractivity contribution >= 4 is 39.8 Å². The highest BCUT2D eigenvalue weighted by Gasteiger charge is 2.23. The van der Waals surface area contributed by atoms with Gasteiger partial charge in [-0.15, -0.1) is 24.0 Å². The number of aliphatic imine (C=N–C) groups is 1. The van der Waals surface area contributed by atoms with Crippen molar-refractivity contribution in [3.05, 3.63) is 71.3 Å². The fourth-order valence-corrected chi connectivity index (χ4v) is 4.64. The standard InChI is InChI=1S/C23H32N4O2S.HI/c1-24-23(25-16-19-10-12-20(13-11-19)18-30(2,28)29)26-17-22(27-14-6-7-15-27)21-8-4-3-5-9-21;/h3-5,8-13,22H,6-7,14-18H2,1-2H3,(H2,24,25,26);1H. The molecule has 0 bridgehead atoms. The summed E-state index contributed by atoms with van der Waals surface area (Å²) in [5.74, 6) is 0.830. The molecular formula is C23H33IN4O2S. The Morgan fingerprint density at radius 3 is 2.19 bits per heavy atom. The van der Waals surface area contributed by atoms with Gasteiger partial charge in [-0.3, -0.25) is 9.89 Å². The number of nitrogens with one attached hydrogen (secondary N) is 2. The molecule has 1 atom stereocenters. The number of sulfone groups is 1. The molecular weight excluding hydrogens is 523 g/mol. The Balaban J connectivity index is 0.00000341. The van der Waals surface area contributed by atoms with Gasteiger partial charge in [0.15, 0.2) is 15.8 Å². The Labute approximate surface area is 203 Å². The molecule has 1 fully saturated rings. The number of likely N-dealkylation sites (tertiary alicyclic amines) is 1. The van der Waals surface area contributed by atoms with Gasteiger partial charge in [0.05, 0.1) is 11.8 Å². The number of rotatable bonds is 8. The van der Waals surface area contributed by atoms with E-state index in [1.807, 2.05) is 24.3 Å². The van der Waals surface area contributed by atoms with Crippen molar-refractivity contribution < 1.29 is 8.42 Å². The summed E-state index contributed by atoms with van der Waals surface area (Å²) < 4.78 is 22.8. The lowest BCUT2D eigenvalue weighted by molar-refractivity contribution is 0.245. The fraction of sp³-hybridized carbons (Fsp3) is 0.435. The number of hydrogen-bond acceptors (Lipinski definition) is 4. The topological polar surface area (TPSA) is 73.8 Å². The first-order valence-electron chi connectivity index (χ1n) is 10.4. The van der Waals surface area contributed by atoms with E-state index < -0.39 is 9.84 Å². The molecule has 6 nitrogen and oxygen atoms in total. The molecule has 0 spiro atoms. The van der Waals surface area contributed by atoms with E-state index in [2.05, 4.69) is 50.9 Å². The van der Waals surface area contributed by atoms with Crippen LogP contribution in [0.15, 0.2) is 59.6 Å². The normalized spacial score (nSPS) is 15.9. The summed E-state index contributed by atoms with van der Waals surface area (Å²) in [6.07, 6.45) is 3.76. The molecule has 1 aliphatic rings. The van der Waals surface area contributed by atoms with Crippen LogP contribution in [0.3, 0.4) is 0 Å². The van der Waals surface area contributed by atoms with Crippen molar-refractivity contribution in [2.24, 2.45) is 4.99 Å². The van der Waals surface area contributed by atoms with Crippen LogP contribution < -0.4 is 10.6 Å². The lowest BCUT2D eigenvalue weighted by atomic mass is 10.1. The molecule has 1 heterocycles. The third kappa shape index (κ3) is 8.42. The minimum Gasteiger partial charge on any atom is -0.354 e. The second-order valence-corrected chi connectivity index (χ2v) is 10.0. The predicted molar refractivity (Wildman–Crippen MR) is 139 cm³/mol. The summed E-state index contributed by atoms with van der Waals surface area (Å²) >= 11 is 0. The summed E-state index contributed by atoms with van der Waals surface area (Å²) in [6, 6.07) is 18.6. The maximum Gasteiger partial charge on any atom is 0.191 e. The average Bonchev–Trinajstić information content (AvgIpc) is 3.26. The van der Waals surface area contributed by atoms with Gasteiger partial charge in [0, 0.05) is 26.4 Å². The van der Waals surface area contributed by atoms with Gasteiger partial charge in [-0.25, -0.2) is 8.42 Å². The van der Waals surface area contributed by atoms with Crippen molar-refractivity contribution in [3.8, 4) is 0 Å². The fourth-order valence-electron chi connectivity index (χ4n) is 3.84. The van der Waals surface area contributed by atoms with Gasteiger partial charge in [0.1, 0.15) is 0 Å². The van der Waals surface area contributed by atoms with Crippen molar-refractivity contribution in [2.45, 2.75) is 31.2 Å². The van der Waals surface area contributed by atoms with E-state index in [1.54, 1.807) is 7.05 Å². The molecule has 0 aromatic heterocycles. The zero-order chi connectivity index (χ0) is 21.4. The Hall–Kier alpha value is -1.65. The third-order valence-electron chi connectivity index (χ3n) is 5.36. The van der Waals surface area contributed by atoms with Gasteiger partial charge in [-0.05, 0) is 42.6 Å². The SMILES string of the molecule is CN=C(NCc1ccc(CS(C)(=O)=O)cc1)NCC(c1ccccc1)N1CCCC1.I. The first-order chi connectivity index (χ1) is 14.4. The van der Waals surface area contributed by atoms with Gasteiger partial charge < -0.3 is 10.6 Å². The molecule has 1 aliphatic heterocycles. The van der Waals surface area contributed by atoms with Gasteiger partial charge in [-0.2, -0.15) is 0 Å². The van der Waals surface area contributed by atoms with Crippen molar-refractivity contribution in [1.82, 2.24) is 15.5 Å². The highest BCUT2D eigenvalue weighted by atomic mass is 127. The molecule has 170 valence electrons. The Morgan fingerprint density at radius 1 is 1.00 bits per heavy atom. The maximum atomic E-state index is 11.4.